The van der Waals surface area contributed by atoms with Crippen LogP contribution in [-0.2, 0) is 12.8 Å². The molecule has 3 rings (SSSR count). The number of aromatic nitrogens is 3. The first-order valence-electron chi connectivity index (χ1n) is 8.62. The molecule has 0 saturated carbocycles. The zero-order chi connectivity index (χ0) is 18.0. The van der Waals surface area contributed by atoms with Gasteiger partial charge in [0.15, 0.2) is 5.78 Å². The van der Waals surface area contributed by atoms with Gasteiger partial charge in [-0.15, -0.1) is 0 Å². The van der Waals surface area contributed by atoms with E-state index in [1.54, 1.807) is 6.07 Å². The minimum absolute atomic E-state index is 0.0146. The number of nitrogens with zero attached hydrogens (tertiary/aromatic N) is 3. The van der Waals surface area contributed by atoms with E-state index >= 15 is 0 Å². The van der Waals surface area contributed by atoms with Gasteiger partial charge in [0, 0.05) is 36.1 Å². The summed E-state index contributed by atoms with van der Waals surface area (Å²) >= 11 is 0. The van der Waals surface area contributed by atoms with Gasteiger partial charge in [0.1, 0.15) is 17.1 Å². The number of carbonyl (C=O) groups is 1. The van der Waals surface area contributed by atoms with Gasteiger partial charge in [-0.25, -0.2) is 9.97 Å². The molecule has 0 aliphatic carbocycles. The Balaban J connectivity index is 1.96. The maximum atomic E-state index is 12.7. The lowest BCUT2D eigenvalue weighted by Gasteiger charge is -2.11. The summed E-state index contributed by atoms with van der Waals surface area (Å²) in [6.45, 7) is 8.45. The third-order valence-corrected chi connectivity index (χ3v) is 4.33. The second-order valence-corrected chi connectivity index (χ2v) is 6.15. The van der Waals surface area contributed by atoms with Crippen molar-refractivity contribution in [2.75, 3.05) is 6.61 Å². The second kappa shape index (κ2) is 7.05. The molecule has 0 spiro atoms. The van der Waals surface area contributed by atoms with Crippen molar-refractivity contribution >= 4 is 11.4 Å². The van der Waals surface area contributed by atoms with E-state index in [0.29, 0.717) is 18.1 Å². The summed E-state index contributed by atoms with van der Waals surface area (Å²) in [5.41, 5.74) is 5.15. The molecule has 0 bridgehead atoms. The van der Waals surface area contributed by atoms with E-state index in [-0.39, 0.29) is 12.2 Å². The summed E-state index contributed by atoms with van der Waals surface area (Å²) in [5.74, 6) is 0.694. The van der Waals surface area contributed by atoms with Gasteiger partial charge in [-0.3, -0.25) is 4.79 Å². The fraction of sp³-hybridized carbons (Fsp3) is 0.350. The van der Waals surface area contributed by atoms with Crippen molar-refractivity contribution in [3.05, 3.63) is 58.8 Å². The van der Waals surface area contributed by atoms with Crippen LogP contribution >= 0.6 is 0 Å². The van der Waals surface area contributed by atoms with Crippen molar-refractivity contribution in [2.45, 2.75) is 40.5 Å². The molecule has 0 fully saturated rings. The van der Waals surface area contributed by atoms with Crippen LogP contribution in [-0.4, -0.2) is 26.8 Å². The van der Waals surface area contributed by atoms with Crippen LogP contribution in [0.4, 0.5) is 0 Å². The number of aryl methyl sites for hydroxylation is 3. The van der Waals surface area contributed by atoms with Crippen molar-refractivity contribution in [1.29, 1.82) is 0 Å². The zero-order valence-electron chi connectivity index (χ0n) is 15.2. The lowest BCUT2D eigenvalue weighted by molar-refractivity contribution is 0.0986. The number of carbonyl (C=O) groups excluding carboxylic acids is 1. The zero-order valence-corrected chi connectivity index (χ0v) is 15.2. The quantitative estimate of drug-likeness (QED) is 0.643. The lowest BCUT2D eigenvalue weighted by atomic mass is 10.1. The number of hydrogen-bond acceptors (Lipinski definition) is 4. The average molecular weight is 337 g/mol. The summed E-state index contributed by atoms with van der Waals surface area (Å²) in [4.78, 5) is 21.7. The monoisotopic (exact) mass is 337 g/mol. The molecule has 3 aromatic rings. The first-order valence-corrected chi connectivity index (χ1v) is 8.62. The molecule has 25 heavy (non-hydrogen) atoms. The molecule has 0 N–H and O–H groups in total. The van der Waals surface area contributed by atoms with E-state index < -0.39 is 0 Å². The van der Waals surface area contributed by atoms with Crippen molar-refractivity contribution in [3.8, 4) is 5.75 Å². The summed E-state index contributed by atoms with van der Waals surface area (Å²) in [7, 11) is 0. The van der Waals surface area contributed by atoms with E-state index in [2.05, 4.69) is 16.9 Å². The molecule has 0 amide bonds. The van der Waals surface area contributed by atoms with Crippen LogP contribution in [0.2, 0.25) is 0 Å². The standard InChI is InChI=1S/C20H23N3O2/c1-5-16-12-23-11-15(19(25-6-2)10-20(23)22-16)9-18(24)17-8-7-13(3)14(4)21-17/h7-8,10-12H,5-6,9H2,1-4H3. The van der Waals surface area contributed by atoms with Gasteiger partial charge in [-0.2, -0.15) is 0 Å². The minimum atomic E-state index is -0.0146. The first-order chi connectivity index (χ1) is 12.0. The van der Waals surface area contributed by atoms with Gasteiger partial charge in [-0.05, 0) is 38.8 Å². The highest BCUT2D eigenvalue weighted by Crippen LogP contribution is 2.23. The third-order valence-electron chi connectivity index (χ3n) is 4.33. The number of Topliss-reactive ketones (excluding diaryl/α,β-unsaturated/α-hetero) is 1. The summed E-state index contributed by atoms with van der Waals surface area (Å²) in [6.07, 6.45) is 5.05. The number of fused-ring (bicyclic) bond motifs is 1. The first kappa shape index (κ1) is 17.1. The Kier molecular flexibility index (Phi) is 4.83. The highest BCUT2D eigenvalue weighted by Gasteiger charge is 2.15. The largest absolute Gasteiger partial charge is 0.493 e. The number of rotatable bonds is 6. The molecule has 0 aliphatic rings. The van der Waals surface area contributed by atoms with E-state index in [1.807, 2.05) is 49.7 Å². The molecule has 0 radical (unpaired) electrons. The maximum Gasteiger partial charge on any atom is 0.185 e. The molecule has 0 atom stereocenters. The normalized spacial score (nSPS) is 11.0. The highest BCUT2D eigenvalue weighted by molar-refractivity contribution is 5.96. The fourth-order valence-electron chi connectivity index (χ4n) is 2.75. The predicted octanol–water partition coefficient (Wildman–Crippen LogP) is 3.73. The fourth-order valence-corrected chi connectivity index (χ4v) is 2.75. The summed E-state index contributed by atoms with van der Waals surface area (Å²) < 4.78 is 7.70. The second-order valence-electron chi connectivity index (χ2n) is 6.15. The van der Waals surface area contributed by atoms with Gasteiger partial charge in [0.05, 0.1) is 12.3 Å². The summed E-state index contributed by atoms with van der Waals surface area (Å²) in [5, 5.41) is 0. The number of ketones is 1. The molecule has 0 aromatic carbocycles. The van der Waals surface area contributed by atoms with Crippen LogP contribution in [0.1, 0.15) is 46.9 Å². The van der Waals surface area contributed by atoms with Crippen LogP contribution in [0, 0.1) is 13.8 Å². The van der Waals surface area contributed by atoms with Crippen molar-refractivity contribution in [3.63, 3.8) is 0 Å². The number of pyridine rings is 2. The molecule has 5 nitrogen and oxygen atoms in total. The SMILES string of the molecule is CCOc1cc2nc(CC)cn2cc1CC(=O)c1ccc(C)c(C)n1. The predicted molar refractivity (Wildman–Crippen MR) is 97.5 cm³/mol. The molecule has 0 unspecified atom stereocenters. The van der Waals surface area contributed by atoms with Crippen LogP contribution in [0.25, 0.3) is 5.65 Å². The van der Waals surface area contributed by atoms with Gasteiger partial charge in [-0.1, -0.05) is 13.0 Å². The van der Waals surface area contributed by atoms with Crippen LogP contribution in [0.5, 0.6) is 5.75 Å². The van der Waals surface area contributed by atoms with Crippen molar-refractivity contribution in [1.82, 2.24) is 14.4 Å². The smallest absolute Gasteiger partial charge is 0.185 e. The van der Waals surface area contributed by atoms with E-state index in [4.69, 9.17) is 4.74 Å². The molecule has 130 valence electrons. The Labute approximate surface area is 147 Å². The maximum absolute atomic E-state index is 12.7. The molecule has 5 heteroatoms. The van der Waals surface area contributed by atoms with Crippen LogP contribution in [0.15, 0.2) is 30.6 Å². The Morgan fingerprint density at radius 2 is 1.96 bits per heavy atom. The lowest BCUT2D eigenvalue weighted by Crippen LogP contribution is -2.09. The molecule has 0 saturated heterocycles. The molecular formula is C20H23N3O2. The van der Waals surface area contributed by atoms with E-state index in [0.717, 1.165) is 34.6 Å². The Bertz CT molecular complexity index is 928. The van der Waals surface area contributed by atoms with Crippen molar-refractivity contribution in [2.24, 2.45) is 0 Å². The van der Waals surface area contributed by atoms with E-state index in [1.165, 1.54) is 0 Å². The van der Waals surface area contributed by atoms with Gasteiger partial charge in [0.25, 0.3) is 0 Å². The summed E-state index contributed by atoms with van der Waals surface area (Å²) in [6, 6.07) is 5.63. The number of hydrogen-bond donors (Lipinski definition) is 0. The van der Waals surface area contributed by atoms with Crippen LogP contribution in [0.3, 0.4) is 0 Å². The average Bonchev–Trinajstić information content (AvgIpc) is 2.99. The van der Waals surface area contributed by atoms with Crippen LogP contribution < -0.4 is 4.74 Å². The van der Waals surface area contributed by atoms with Gasteiger partial charge in [0.2, 0.25) is 0 Å². The third kappa shape index (κ3) is 3.55. The molecule has 3 aromatic heterocycles. The molecule has 0 aliphatic heterocycles. The molecular weight excluding hydrogens is 314 g/mol. The van der Waals surface area contributed by atoms with Gasteiger partial charge < -0.3 is 9.14 Å². The minimum Gasteiger partial charge on any atom is -0.493 e. The molecule has 3 heterocycles. The Hall–Kier alpha value is -2.69. The number of imidazole rings is 1. The van der Waals surface area contributed by atoms with Crippen molar-refractivity contribution < 1.29 is 9.53 Å². The Morgan fingerprint density at radius 1 is 1.16 bits per heavy atom. The number of ether oxygens (including phenoxy) is 1. The topological polar surface area (TPSA) is 56.5 Å². The van der Waals surface area contributed by atoms with E-state index in [9.17, 15) is 4.79 Å². The van der Waals surface area contributed by atoms with Gasteiger partial charge >= 0.3 is 0 Å². The Morgan fingerprint density at radius 3 is 2.64 bits per heavy atom. The highest BCUT2D eigenvalue weighted by atomic mass is 16.5.